The number of rotatable bonds is 8. The Bertz CT molecular complexity index is 922. The topological polar surface area (TPSA) is 98.5 Å². The number of esters is 1. The molecule has 1 aromatic heterocycles. The van der Waals surface area contributed by atoms with Crippen LogP contribution in [0, 0.1) is 6.92 Å². The average molecular weight is 433 g/mol. The Morgan fingerprint density at radius 1 is 1.24 bits per heavy atom. The normalized spacial score (nSPS) is 13.6. The lowest BCUT2D eigenvalue weighted by Crippen LogP contribution is -2.30. The number of hydrogen-bond donors (Lipinski definition) is 2. The number of fused-ring (bicyclic) bond motifs is 1. The Kier molecular flexibility index (Phi) is 6.97. The maximum absolute atomic E-state index is 12.4. The lowest BCUT2D eigenvalue weighted by atomic mass is 10.1. The monoisotopic (exact) mass is 432 g/mol. The van der Waals surface area contributed by atoms with Crippen LogP contribution in [-0.4, -0.2) is 29.6 Å². The summed E-state index contributed by atoms with van der Waals surface area (Å²) < 4.78 is 5.24. The summed E-state index contributed by atoms with van der Waals surface area (Å²) in [5, 5.41) is 3.16. The first-order valence-corrected chi connectivity index (χ1v) is 11.3. The number of benzene rings is 1. The lowest BCUT2D eigenvalue weighted by Gasteiger charge is -2.13. The van der Waals surface area contributed by atoms with Crippen molar-refractivity contribution >= 4 is 45.9 Å². The van der Waals surface area contributed by atoms with Crippen LogP contribution in [0.15, 0.2) is 29.2 Å². The largest absolute Gasteiger partial charge is 0.453 e. The van der Waals surface area contributed by atoms with Crippen molar-refractivity contribution in [3.63, 3.8) is 0 Å². The van der Waals surface area contributed by atoms with Crippen LogP contribution < -0.4 is 11.1 Å². The summed E-state index contributed by atoms with van der Waals surface area (Å²) in [4.78, 5) is 38.5. The van der Waals surface area contributed by atoms with Gasteiger partial charge in [0.05, 0.1) is 12.0 Å². The second-order valence-electron chi connectivity index (χ2n) is 6.96. The highest BCUT2D eigenvalue weighted by Gasteiger charge is 2.27. The number of anilines is 1. The molecule has 1 unspecified atom stereocenters. The Morgan fingerprint density at radius 3 is 2.66 bits per heavy atom. The van der Waals surface area contributed by atoms with E-state index < -0.39 is 23.9 Å². The molecule has 0 saturated heterocycles. The van der Waals surface area contributed by atoms with Gasteiger partial charge in [-0.25, -0.2) is 0 Å². The molecule has 3 N–H and O–H groups in total. The summed E-state index contributed by atoms with van der Waals surface area (Å²) in [6.07, 6.45) is 1.92. The molecule has 2 amide bonds. The number of carbonyl (C=O) groups is 3. The van der Waals surface area contributed by atoms with Crippen LogP contribution in [0.5, 0.6) is 0 Å². The van der Waals surface area contributed by atoms with Gasteiger partial charge in [-0.1, -0.05) is 17.7 Å². The summed E-state index contributed by atoms with van der Waals surface area (Å²) in [5.41, 5.74) is 8.02. The molecule has 3 rings (SSSR count). The van der Waals surface area contributed by atoms with Gasteiger partial charge >= 0.3 is 5.97 Å². The third-order valence-corrected chi connectivity index (χ3v) is 6.90. The van der Waals surface area contributed by atoms with Gasteiger partial charge in [-0.2, -0.15) is 0 Å². The number of carbonyl (C=O) groups excluding carboxylic acids is 3. The fraction of sp³-hybridized carbons (Fsp3) is 0.381. The highest BCUT2D eigenvalue weighted by Crippen LogP contribution is 2.38. The van der Waals surface area contributed by atoms with Gasteiger partial charge in [-0.3, -0.25) is 14.4 Å². The number of amides is 2. The molecule has 2 aromatic rings. The Hall–Kier alpha value is -2.32. The van der Waals surface area contributed by atoms with Crippen molar-refractivity contribution in [1.29, 1.82) is 0 Å². The first kappa shape index (κ1) is 21.4. The molecule has 0 bridgehead atoms. The Morgan fingerprint density at radius 2 is 1.97 bits per heavy atom. The van der Waals surface area contributed by atoms with Crippen LogP contribution in [0.2, 0.25) is 0 Å². The molecule has 1 aliphatic carbocycles. The second kappa shape index (κ2) is 9.45. The van der Waals surface area contributed by atoms with Crippen LogP contribution in [0.3, 0.4) is 0 Å². The minimum absolute atomic E-state index is 0.204. The lowest BCUT2D eigenvalue weighted by molar-refractivity contribution is -0.152. The van der Waals surface area contributed by atoms with Crippen molar-refractivity contribution in [2.75, 3.05) is 11.1 Å². The van der Waals surface area contributed by atoms with E-state index in [2.05, 4.69) is 5.32 Å². The number of thiophene rings is 1. The summed E-state index contributed by atoms with van der Waals surface area (Å²) in [6.45, 7) is 3.54. The highest BCUT2D eigenvalue weighted by atomic mass is 32.2. The van der Waals surface area contributed by atoms with Crippen LogP contribution in [-0.2, 0) is 27.2 Å². The van der Waals surface area contributed by atoms with Crippen molar-refractivity contribution in [2.45, 2.75) is 50.5 Å². The zero-order valence-corrected chi connectivity index (χ0v) is 18.1. The van der Waals surface area contributed by atoms with Crippen LogP contribution in [0.1, 0.15) is 46.1 Å². The smallest absolute Gasteiger partial charge is 0.307 e. The summed E-state index contributed by atoms with van der Waals surface area (Å²) in [6, 6.07) is 8.06. The molecule has 0 spiro atoms. The number of aryl methyl sites for hydroxylation is 2. The molecule has 1 aromatic carbocycles. The number of nitrogens with two attached hydrogens (primary N) is 1. The first-order chi connectivity index (χ1) is 13.8. The maximum Gasteiger partial charge on any atom is 0.307 e. The Balaban J connectivity index is 1.49. The predicted molar refractivity (Wildman–Crippen MR) is 116 cm³/mol. The molecule has 0 aliphatic heterocycles. The Labute approximate surface area is 178 Å². The first-order valence-electron chi connectivity index (χ1n) is 9.49. The summed E-state index contributed by atoms with van der Waals surface area (Å²) >= 11 is 2.94. The molecule has 1 heterocycles. The van der Waals surface area contributed by atoms with E-state index in [1.165, 1.54) is 23.8 Å². The minimum Gasteiger partial charge on any atom is -0.453 e. The molecule has 0 saturated carbocycles. The van der Waals surface area contributed by atoms with E-state index in [1.807, 2.05) is 31.2 Å². The van der Waals surface area contributed by atoms with E-state index in [1.54, 1.807) is 11.8 Å². The van der Waals surface area contributed by atoms with Crippen molar-refractivity contribution in [2.24, 2.45) is 5.73 Å². The molecule has 0 fully saturated rings. The average Bonchev–Trinajstić information content (AvgIpc) is 3.23. The van der Waals surface area contributed by atoms with Gasteiger partial charge in [0.15, 0.2) is 6.10 Å². The van der Waals surface area contributed by atoms with Gasteiger partial charge in [0, 0.05) is 15.5 Å². The van der Waals surface area contributed by atoms with Gasteiger partial charge in [-0.15, -0.1) is 23.1 Å². The summed E-state index contributed by atoms with van der Waals surface area (Å²) in [7, 11) is 0. The van der Waals surface area contributed by atoms with Crippen LogP contribution >= 0.6 is 23.1 Å². The van der Waals surface area contributed by atoms with E-state index in [-0.39, 0.29) is 6.42 Å². The van der Waals surface area contributed by atoms with Crippen molar-refractivity contribution in [3.05, 3.63) is 45.8 Å². The van der Waals surface area contributed by atoms with Crippen LogP contribution in [0.25, 0.3) is 0 Å². The predicted octanol–water partition coefficient (Wildman–Crippen LogP) is 3.70. The van der Waals surface area contributed by atoms with Gasteiger partial charge in [0.2, 0.25) is 0 Å². The standard InChI is InChI=1S/C21H24N2O4S2/c1-12-6-8-14(9-7-12)28-11-10-17(24)27-13(2)20(26)23-21-18(19(22)25)15-4-3-5-16(15)29-21/h6-9,13H,3-5,10-11H2,1-2H3,(H2,22,25)(H,23,26). The molecule has 8 heteroatoms. The van der Waals surface area contributed by atoms with Gasteiger partial charge in [-0.05, 0) is 50.8 Å². The van der Waals surface area contributed by atoms with Crippen LogP contribution in [0.4, 0.5) is 5.00 Å². The third kappa shape index (κ3) is 5.39. The molecule has 29 heavy (non-hydrogen) atoms. The van der Waals surface area contributed by atoms with E-state index in [0.29, 0.717) is 16.3 Å². The molecular formula is C21H24N2O4S2. The number of nitrogens with one attached hydrogen (secondary N) is 1. The van der Waals surface area contributed by atoms with Gasteiger partial charge in [0.25, 0.3) is 11.8 Å². The van der Waals surface area contributed by atoms with E-state index >= 15 is 0 Å². The quantitative estimate of drug-likeness (QED) is 0.490. The van der Waals surface area contributed by atoms with E-state index in [0.717, 1.165) is 34.6 Å². The van der Waals surface area contributed by atoms with Crippen molar-refractivity contribution in [1.82, 2.24) is 0 Å². The number of primary amides is 1. The number of hydrogen-bond acceptors (Lipinski definition) is 6. The third-order valence-electron chi connectivity index (χ3n) is 4.68. The maximum atomic E-state index is 12.4. The van der Waals surface area contributed by atoms with E-state index in [9.17, 15) is 14.4 Å². The zero-order valence-electron chi connectivity index (χ0n) is 16.4. The summed E-state index contributed by atoms with van der Waals surface area (Å²) in [5.74, 6) is -0.875. The number of thioether (sulfide) groups is 1. The molecule has 6 nitrogen and oxygen atoms in total. The van der Waals surface area contributed by atoms with Crippen molar-refractivity contribution in [3.8, 4) is 0 Å². The molecule has 0 radical (unpaired) electrons. The zero-order chi connectivity index (χ0) is 21.0. The second-order valence-corrected chi connectivity index (χ2v) is 9.23. The van der Waals surface area contributed by atoms with Crippen molar-refractivity contribution < 1.29 is 19.1 Å². The van der Waals surface area contributed by atoms with Gasteiger partial charge < -0.3 is 15.8 Å². The molecule has 154 valence electrons. The molecular weight excluding hydrogens is 408 g/mol. The van der Waals surface area contributed by atoms with E-state index in [4.69, 9.17) is 10.5 Å². The molecule has 1 atom stereocenters. The minimum atomic E-state index is -0.954. The fourth-order valence-electron chi connectivity index (χ4n) is 3.16. The highest BCUT2D eigenvalue weighted by molar-refractivity contribution is 7.99. The fourth-order valence-corrected chi connectivity index (χ4v) is 5.29. The van der Waals surface area contributed by atoms with Gasteiger partial charge in [0.1, 0.15) is 5.00 Å². The SMILES string of the molecule is Cc1ccc(SCCC(=O)OC(C)C(=O)Nc2sc3c(c2C(N)=O)CCC3)cc1. The number of ether oxygens (including phenoxy) is 1. The molecule has 1 aliphatic rings.